The summed E-state index contributed by atoms with van der Waals surface area (Å²) in [4.78, 5) is 6.21. The number of likely N-dealkylation sites (N-methyl/N-ethyl adjacent to an activating group) is 1. The molecule has 2 aromatic rings. The molecule has 11 heteroatoms. The van der Waals surface area contributed by atoms with Crippen molar-refractivity contribution in [1.82, 2.24) is 9.88 Å². The minimum Gasteiger partial charge on any atom is -0.368 e. The van der Waals surface area contributed by atoms with Gasteiger partial charge in [-0.3, -0.25) is 9.62 Å². The Balaban J connectivity index is 1.65. The van der Waals surface area contributed by atoms with Crippen molar-refractivity contribution < 1.29 is 21.6 Å². The van der Waals surface area contributed by atoms with Gasteiger partial charge in [0.15, 0.2) is 10.7 Å². The number of aromatic nitrogens is 1. The zero-order valence-electron chi connectivity index (χ0n) is 16.8. The number of anilines is 2. The Morgan fingerprint density at radius 2 is 1.94 bits per heavy atom. The lowest BCUT2D eigenvalue weighted by molar-refractivity contribution is 0.0928. The molecule has 1 atom stereocenters. The number of hydrogen-bond donors (Lipinski definition) is 1. The molecule has 2 fully saturated rings. The lowest BCUT2D eigenvalue weighted by Crippen LogP contribution is -2.51. The lowest BCUT2D eigenvalue weighted by atomic mass is 9.86. The van der Waals surface area contributed by atoms with Crippen LogP contribution < -0.4 is 9.62 Å². The number of nitrogens with one attached hydrogen (secondary N) is 1. The van der Waals surface area contributed by atoms with Crippen molar-refractivity contribution in [2.45, 2.75) is 36.1 Å². The van der Waals surface area contributed by atoms with E-state index >= 15 is 4.39 Å². The first-order valence-corrected chi connectivity index (χ1v) is 11.8. The van der Waals surface area contributed by atoms with Crippen LogP contribution in [-0.2, 0) is 10.0 Å². The van der Waals surface area contributed by atoms with Crippen LogP contribution in [0.1, 0.15) is 25.7 Å². The zero-order chi connectivity index (χ0) is 22.4. The highest BCUT2D eigenvalue weighted by molar-refractivity contribution is 7.92. The van der Waals surface area contributed by atoms with Crippen molar-refractivity contribution in [3.05, 3.63) is 46.9 Å². The fraction of sp³-hybridized carbons (Fsp3) is 0.450. The van der Waals surface area contributed by atoms with Crippen LogP contribution in [0.5, 0.6) is 0 Å². The third-order valence-corrected chi connectivity index (χ3v) is 7.94. The minimum atomic E-state index is -4.73. The van der Waals surface area contributed by atoms with E-state index < -0.39 is 43.3 Å². The first kappa shape index (κ1) is 22.2. The molecule has 0 aliphatic carbocycles. The minimum absolute atomic E-state index is 0.0795. The second kappa shape index (κ2) is 8.14. The van der Waals surface area contributed by atoms with Crippen LogP contribution in [-0.4, -0.2) is 50.5 Å². The van der Waals surface area contributed by atoms with E-state index in [-0.39, 0.29) is 11.2 Å². The first-order valence-electron chi connectivity index (χ1n) is 9.92. The molecule has 2 aliphatic heterocycles. The number of nitrogens with zero attached hydrogens (tertiary/aromatic N) is 3. The normalized spacial score (nSPS) is 22.3. The van der Waals surface area contributed by atoms with Gasteiger partial charge in [-0.1, -0.05) is 24.1 Å². The van der Waals surface area contributed by atoms with Crippen molar-refractivity contribution in [1.29, 1.82) is 0 Å². The third-order valence-electron chi connectivity index (χ3n) is 6.19. The topological polar surface area (TPSA) is 65.5 Å². The molecule has 0 amide bonds. The monoisotopic (exact) mass is 474 g/mol. The van der Waals surface area contributed by atoms with Crippen molar-refractivity contribution in [2.75, 3.05) is 36.3 Å². The van der Waals surface area contributed by atoms with Gasteiger partial charge in [-0.2, -0.15) is 4.39 Å². The molecule has 1 N–H and O–H groups in total. The number of likely N-dealkylation sites (tertiary alicyclic amines) is 1. The van der Waals surface area contributed by atoms with E-state index in [0.29, 0.717) is 13.1 Å². The average molecular weight is 475 g/mol. The molecule has 6 nitrogen and oxygen atoms in total. The average Bonchev–Trinajstić information content (AvgIpc) is 3.11. The molecule has 31 heavy (non-hydrogen) atoms. The molecule has 1 spiro atoms. The molecular formula is C20H22ClF3N4O2S. The summed E-state index contributed by atoms with van der Waals surface area (Å²) >= 11 is 6.18. The van der Waals surface area contributed by atoms with E-state index in [2.05, 4.69) is 9.88 Å². The molecule has 168 valence electrons. The molecule has 1 unspecified atom stereocenters. The van der Waals surface area contributed by atoms with Crippen LogP contribution >= 0.6 is 11.6 Å². The van der Waals surface area contributed by atoms with Gasteiger partial charge in [-0.05, 0) is 45.0 Å². The second-order valence-corrected chi connectivity index (χ2v) is 10.1. The third kappa shape index (κ3) is 4.08. The number of benzene rings is 1. The Morgan fingerprint density at radius 3 is 2.65 bits per heavy atom. The first-order chi connectivity index (χ1) is 14.6. The molecule has 2 aliphatic rings. The van der Waals surface area contributed by atoms with Gasteiger partial charge in [0.05, 0.1) is 5.69 Å². The van der Waals surface area contributed by atoms with Gasteiger partial charge in [-0.15, -0.1) is 0 Å². The predicted octanol–water partition coefficient (Wildman–Crippen LogP) is 4.02. The molecule has 2 saturated heterocycles. The Bertz CT molecular complexity index is 1120. The largest absolute Gasteiger partial charge is 0.368 e. The SMILES string of the molecule is CN1CCCCC12CCN(c1cc(F)c(S(=O)(=O)Nc3cccc(F)n3)c(F)c1Cl)C2. The lowest BCUT2D eigenvalue weighted by Gasteiger charge is -2.42. The van der Waals surface area contributed by atoms with Gasteiger partial charge in [-0.25, -0.2) is 22.2 Å². The van der Waals surface area contributed by atoms with Crippen LogP contribution in [0.4, 0.5) is 24.7 Å². The van der Waals surface area contributed by atoms with E-state index in [4.69, 9.17) is 11.6 Å². The summed E-state index contributed by atoms with van der Waals surface area (Å²) in [5, 5.41) is -0.468. The van der Waals surface area contributed by atoms with Gasteiger partial charge in [0.2, 0.25) is 5.95 Å². The van der Waals surface area contributed by atoms with Crippen molar-refractivity contribution in [3.8, 4) is 0 Å². The van der Waals surface area contributed by atoms with Gasteiger partial charge in [0, 0.05) is 24.7 Å². The number of hydrogen-bond acceptors (Lipinski definition) is 5. The maximum atomic E-state index is 15.0. The smallest absolute Gasteiger partial charge is 0.268 e. The highest BCUT2D eigenvalue weighted by atomic mass is 35.5. The molecule has 0 saturated carbocycles. The molecule has 1 aromatic heterocycles. The van der Waals surface area contributed by atoms with E-state index in [1.807, 2.05) is 11.8 Å². The molecule has 4 rings (SSSR count). The Labute approximate surface area is 184 Å². The van der Waals surface area contributed by atoms with Crippen LogP contribution in [0.3, 0.4) is 0 Å². The van der Waals surface area contributed by atoms with E-state index in [0.717, 1.165) is 50.4 Å². The molecule has 3 heterocycles. The van der Waals surface area contributed by atoms with Crippen molar-refractivity contribution in [2.24, 2.45) is 0 Å². The van der Waals surface area contributed by atoms with Crippen LogP contribution in [0.2, 0.25) is 5.02 Å². The zero-order valence-corrected chi connectivity index (χ0v) is 18.4. The number of halogens is 4. The van der Waals surface area contributed by atoms with Crippen LogP contribution in [0, 0.1) is 17.6 Å². The maximum Gasteiger partial charge on any atom is 0.268 e. The molecule has 1 aromatic carbocycles. The van der Waals surface area contributed by atoms with Crippen molar-refractivity contribution in [3.63, 3.8) is 0 Å². The number of rotatable bonds is 4. The van der Waals surface area contributed by atoms with Crippen molar-refractivity contribution >= 4 is 33.1 Å². The summed E-state index contributed by atoms with van der Waals surface area (Å²) < 4.78 is 70.2. The highest BCUT2D eigenvalue weighted by Gasteiger charge is 2.43. The summed E-state index contributed by atoms with van der Waals surface area (Å²) in [5.41, 5.74) is 0.0412. The van der Waals surface area contributed by atoms with E-state index in [1.165, 1.54) is 6.07 Å². The highest BCUT2D eigenvalue weighted by Crippen LogP contribution is 2.41. The summed E-state index contributed by atoms with van der Waals surface area (Å²) in [5.74, 6) is -4.01. The quantitative estimate of drug-likeness (QED) is 0.535. The van der Waals surface area contributed by atoms with Crippen LogP contribution in [0.15, 0.2) is 29.2 Å². The van der Waals surface area contributed by atoms with Crippen LogP contribution in [0.25, 0.3) is 0 Å². The number of piperidine rings is 1. The van der Waals surface area contributed by atoms with E-state index in [1.54, 1.807) is 4.90 Å². The summed E-state index contributed by atoms with van der Waals surface area (Å²) in [6.07, 6.45) is 4.02. The fourth-order valence-corrected chi connectivity index (χ4v) is 5.97. The number of sulfonamides is 1. The second-order valence-electron chi connectivity index (χ2n) is 8.06. The molecule has 0 bridgehead atoms. The predicted molar refractivity (Wildman–Crippen MR) is 112 cm³/mol. The van der Waals surface area contributed by atoms with Gasteiger partial charge in [0.25, 0.3) is 10.0 Å². The van der Waals surface area contributed by atoms with Gasteiger partial charge >= 0.3 is 0 Å². The van der Waals surface area contributed by atoms with Gasteiger partial charge < -0.3 is 4.90 Å². The Hall–Kier alpha value is -2.04. The standard InChI is InChI=1S/C20H22ClF3N4O2S/c1-27-9-3-2-7-20(27)8-10-28(12-20)14-11-13(22)19(18(24)17(14)21)31(29,30)26-16-6-4-5-15(23)25-16/h4-6,11H,2-3,7-10,12H2,1H3,(H,25,26). The van der Waals surface area contributed by atoms with E-state index in [9.17, 15) is 17.2 Å². The fourth-order valence-electron chi connectivity index (χ4n) is 4.50. The summed E-state index contributed by atoms with van der Waals surface area (Å²) in [7, 11) is -2.68. The Morgan fingerprint density at radius 1 is 1.16 bits per heavy atom. The molecular weight excluding hydrogens is 453 g/mol. The maximum absolute atomic E-state index is 15.0. The molecule has 0 radical (unpaired) electrons. The summed E-state index contributed by atoms with van der Waals surface area (Å²) in [6.45, 7) is 2.07. The van der Waals surface area contributed by atoms with Gasteiger partial charge in [0.1, 0.15) is 16.7 Å². The summed E-state index contributed by atoms with van der Waals surface area (Å²) in [6, 6.07) is 4.34. The number of pyridine rings is 1. The Kier molecular flexibility index (Phi) is 5.82.